The van der Waals surface area contributed by atoms with Crippen LogP contribution in [0.15, 0.2) is 35.7 Å². The summed E-state index contributed by atoms with van der Waals surface area (Å²) in [5.41, 5.74) is 0.548. The summed E-state index contributed by atoms with van der Waals surface area (Å²) in [4.78, 5) is 21.8. The van der Waals surface area contributed by atoms with Gasteiger partial charge in [0, 0.05) is 12.1 Å². The zero-order valence-electron chi connectivity index (χ0n) is 15.6. The number of methoxy groups -OCH3 is 3. The Balaban J connectivity index is 1.88. The van der Waals surface area contributed by atoms with Crippen LogP contribution >= 0.6 is 11.3 Å². The van der Waals surface area contributed by atoms with Gasteiger partial charge in [-0.1, -0.05) is 18.2 Å². The summed E-state index contributed by atoms with van der Waals surface area (Å²) in [5.74, 6) is 0.324. The van der Waals surface area contributed by atoms with Crippen LogP contribution in [0.4, 0.5) is 0 Å². The summed E-state index contributed by atoms with van der Waals surface area (Å²) in [6.07, 6.45) is 0. The van der Waals surface area contributed by atoms with Gasteiger partial charge >= 0.3 is 0 Å². The molecule has 0 aliphatic heterocycles. The monoisotopic (exact) mass is 401 g/mol. The van der Waals surface area contributed by atoms with Gasteiger partial charge in [-0.25, -0.2) is 4.98 Å². The predicted octanol–water partition coefficient (Wildman–Crippen LogP) is 2.87. The third-order valence-electron chi connectivity index (χ3n) is 3.93. The predicted molar refractivity (Wildman–Crippen MR) is 104 cm³/mol. The topological polar surface area (TPSA) is 103 Å². The molecule has 2 N–H and O–H groups in total. The van der Waals surface area contributed by atoms with Crippen LogP contribution in [0.5, 0.6) is 23.1 Å². The fourth-order valence-electron chi connectivity index (χ4n) is 2.60. The van der Waals surface area contributed by atoms with E-state index in [2.05, 4.69) is 15.3 Å². The first kappa shape index (κ1) is 19.4. The molecule has 0 saturated heterocycles. The molecule has 0 radical (unpaired) electrons. The van der Waals surface area contributed by atoms with Gasteiger partial charge in [-0.05, 0) is 17.5 Å². The molecule has 2 heterocycles. The Hall–Kier alpha value is -3.33. The number of ether oxygens (including phenoxy) is 3. The lowest BCUT2D eigenvalue weighted by atomic mass is 10.2. The van der Waals surface area contributed by atoms with Crippen LogP contribution in [-0.4, -0.2) is 42.3 Å². The number of amides is 1. The summed E-state index contributed by atoms with van der Waals surface area (Å²) >= 11 is 1.42. The van der Waals surface area contributed by atoms with E-state index in [1.54, 1.807) is 18.2 Å². The molecule has 3 rings (SSSR count). The maximum absolute atomic E-state index is 12.7. The van der Waals surface area contributed by atoms with Crippen molar-refractivity contribution < 1.29 is 24.1 Å². The molecular formula is C19H19N3O5S. The quantitative estimate of drug-likeness (QED) is 0.627. The number of carbonyl (C=O) groups is 1. The van der Waals surface area contributed by atoms with Gasteiger partial charge in [0.2, 0.25) is 5.75 Å². The Kier molecular flexibility index (Phi) is 5.95. The number of aromatic hydroxyl groups is 1. The van der Waals surface area contributed by atoms with Crippen LogP contribution in [0, 0.1) is 0 Å². The van der Waals surface area contributed by atoms with Gasteiger partial charge in [0.05, 0.1) is 26.2 Å². The maximum atomic E-state index is 12.7. The number of rotatable bonds is 7. The van der Waals surface area contributed by atoms with E-state index < -0.39 is 11.7 Å². The van der Waals surface area contributed by atoms with Crippen LogP contribution in [0.2, 0.25) is 0 Å². The van der Waals surface area contributed by atoms with E-state index in [1.165, 1.54) is 32.7 Å². The summed E-state index contributed by atoms with van der Waals surface area (Å²) in [6.45, 7) is 0.152. The van der Waals surface area contributed by atoms with E-state index in [4.69, 9.17) is 14.2 Å². The Morgan fingerprint density at radius 2 is 1.93 bits per heavy atom. The van der Waals surface area contributed by atoms with Gasteiger partial charge in [0.25, 0.3) is 11.8 Å². The SMILES string of the molecule is COc1cccc(CNC(=O)c2nc(-c3cccs3)nc(OC)c2O)c1OC. The zero-order chi connectivity index (χ0) is 20.1. The Labute approximate surface area is 165 Å². The highest BCUT2D eigenvalue weighted by atomic mass is 32.1. The summed E-state index contributed by atoms with van der Waals surface area (Å²) in [5, 5.41) is 14.9. The zero-order valence-corrected chi connectivity index (χ0v) is 16.4. The minimum atomic E-state index is -0.569. The number of nitrogens with one attached hydrogen (secondary N) is 1. The van der Waals surface area contributed by atoms with Crippen LogP contribution in [0.3, 0.4) is 0 Å². The highest BCUT2D eigenvalue weighted by Gasteiger charge is 2.22. The second-order valence-corrected chi connectivity index (χ2v) is 6.51. The largest absolute Gasteiger partial charge is 0.501 e. The fraction of sp³-hybridized carbons (Fsp3) is 0.211. The van der Waals surface area contributed by atoms with Crippen molar-refractivity contribution in [2.75, 3.05) is 21.3 Å². The highest BCUT2D eigenvalue weighted by molar-refractivity contribution is 7.13. The van der Waals surface area contributed by atoms with E-state index in [1.807, 2.05) is 17.5 Å². The molecular weight excluding hydrogens is 382 g/mol. The van der Waals surface area contributed by atoms with Crippen molar-refractivity contribution >= 4 is 17.2 Å². The van der Waals surface area contributed by atoms with Crippen LogP contribution in [0.1, 0.15) is 16.1 Å². The molecule has 0 bridgehead atoms. The van der Waals surface area contributed by atoms with Crippen molar-refractivity contribution in [2.45, 2.75) is 6.54 Å². The molecule has 0 aliphatic carbocycles. The summed E-state index contributed by atoms with van der Waals surface area (Å²) in [6, 6.07) is 9.03. The molecule has 0 unspecified atom stereocenters. The second-order valence-electron chi connectivity index (χ2n) is 5.57. The van der Waals surface area contributed by atoms with E-state index in [-0.39, 0.29) is 18.1 Å². The maximum Gasteiger partial charge on any atom is 0.274 e. The second kappa shape index (κ2) is 8.57. The first-order chi connectivity index (χ1) is 13.6. The van der Waals surface area contributed by atoms with Gasteiger partial charge in [-0.15, -0.1) is 11.3 Å². The standard InChI is InChI=1S/C19H19N3O5S/c1-25-12-7-4-6-11(16(12)26-2)10-20-18(24)14-15(23)19(27-3)22-17(21-14)13-8-5-9-28-13/h4-9,23H,10H2,1-3H3,(H,20,24). The number of benzene rings is 1. The van der Waals surface area contributed by atoms with Crippen LogP contribution < -0.4 is 19.5 Å². The number of nitrogens with zero attached hydrogens (tertiary/aromatic N) is 2. The molecule has 0 atom stereocenters. The molecule has 9 heteroatoms. The molecule has 146 valence electrons. The average Bonchev–Trinajstić information content (AvgIpc) is 3.26. The first-order valence-corrected chi connectivity index (χ1v) is 9.14. The molecule has 3 aromatic rings. The summed E-state index contributed by atoms with van der Waals surface area (Å²) < 4.78 is 15.7. The normalized spacial score (nSPS) is 10.4. The minimum Gasteiger partial charge on any atom is -0.501 e. The highest BCUT2D eigenvalue weighted by Crippen LogP contribution is 2.32. The van der Waals surface area contributed by atoms with E-state index in [0.717, 1.165) is 4.88 Å². The fourth-order valence-corrected chi connectivity index (χ4v) is 3.26. The average molecular weight is 401 g/mol. The van der Waals surface area contributed by atoms with Crippen molar-refractivity contribution in [3.05, 3.63) is 47.0 Å². The molecule has 2 aromatic heterocycles. The molecule has 0 saturated carbocycles. The van der Waals surface area contributed by atoms with Gasteiger partial charge in [0.1, 0.15) is 0 Å². The van der Waals surface area contributed by atoms with Gasteiger partial charge in [0.15, 0.2) is 23.0 Å². The van der Waals surface area contributed by atoms with Crippen LogP contribution in [0.25, 0.3) is 10.7 Å². The lowest BCUT2D eigenvalue weighted by Crippen LogP contribution is -2.24. The van der Waals surface area contributed by atoms with Crippen molar-refractivity contribution in [3.8, 4) is 33.8 Å². The van der Waals surface area contributed by atoms with Crippen molar-refractivity contribution in [1.82, 2.24) is 15.3 Å². The minimum absolute atomic E-state index is 0.0671. The van der Waals surface area contributed by atoms with Crippen molar-refractivity contribution in [2.24, 2.45) is 0 Å². The van der Waals surface area contributed by atoms with Gasteiger partial charge < -0.3 is 24.6 Å². The third-order valence-corrected chi connectivity index (χ3v) is 4.79. The number of carbonyl (C=O) groups excluding carboxylic acids is 1. The van der Waals surface area contributed by atoms with E-state index in [9.17, 15) is 9.90 Å². The first-order valence-electron chi connectivity index (χ1n) is 8.26. The Bertz CT molecular complexity index is 976. The number of hydrogen-bond donors (Lipinski definition) is 2. The van der Waals surface area contributed by atoms with Crippen molar-refractivity contribution in [1.29, 1.82) is 0 Å². The van der Waals surface area contributed by atoms with Crippen LogP contribution in [-0.2, 0) is 6.54 Å². The molecule has 0 aliphatic rings. The number of aromatic nitrogens is 2. The molecule has 1 amide bonds. The van der Waals surface area contributed by atoms with Gasteiger partial charge in [-0.3, -0.25) is 4.79 Å². The molecule has 0 fully saturated rings. The Morgan fingerprint density at radius 1 is 1.11 bits per heavy atom. The van der Waals surface area contributed by atoms with E-state index >= 15 is 0 Å². The lowest BCUT2D eigenvalue weighted by molar-refractivity contribution is 0.0941. The summed E-state index contributed by atoms with van der Waals surface area (Å²) in [7, 11) is 4.43. The third kappa shape index (κ3) is 3.84. The smallest absolute Gasteiger partial charge is 0.274 e. The molecule has 28 heavy (non-hydrogen) atoms. The number of hydrogen-bond acceptors (Lipinski definition) is 8. The number of thiophene rings is 1. The van der Waals surface area contributed by atoms with Crippen molar-refractivity contribution in [3.63, 3.8) is 0 Å². The Morgan fingerprint density at radius 3 is 2.57 bits per heavy atom. The molecule has 0 spiro atoms. The number of para-hydroxylation sites is 1. The lowest BCUT2D eigenvalue weighted by Gasteiger charge is -2.14. The van der Waals surface area contributed by atoms with Gasteiger partial charge in [-0.2, -0.15) is 4.98 Å². The van der Waals surface area contributed by atoms with E-state index in [0.29, 0.717) is 22.9 Å². The molecule has 8 nitrogen and oxygen atoms in total. The molecule has 1 aromatic carbocycles.